The van der Waals surface area contributed by atoms with Gasteiger partial charge in [0.2, 0.25) is 0 Å². The van der Waals surface area contributed by atoms with E-state index in [4.69, 9.17) is 17.3 Å². The average Bonchev–Trinajstić information content (AvgIpc) is 2.39. The maximum atomic E-state index is 12.3. The lowest BCUT2D eigenvalue weighted by Gasteiger charge is -2.12. The summed E-state index contributed by atoms with van der Waals surface area (Å²) in [5.41, 5.74) is 9.33. The number of hydrogen-bond acceptors (Lipinski definition) is 2. The topological polar surface area (TPSA) is 55.1 Å². The van der Waals surface area contributed by atoms with Crippen molar-refractivity contribution in [3.63, 3.8) is 0 Å². The second-order valence-corrected chi connectivity index (χ2v) is 5.78. The number of benzene rings is 2. The van der Waals surface area contributed by atoms with Crippen molar-refractivity contribution < 1.29 is 4.79 Å². The second-order valence-electron chi connectivity index (χ2n) is 4.58. The third-order valence-electron chi connectivity index (χ3n) is 3.03. The van der Waals surface area contributed by atoms with Gasteiger partial charge in [-0.25, -0.2) is 0 Å². The highest BCUT2D eigenvalue weighted by Crippen LogP contribution is 2.28. The highest BCUT2D eigenvalue weighted by Gasteiger charge is 2.13. The van der Waals surface area contributed by atoms with Gasteiger partial charge in [0, 0.05) is 10.2 Å². The highest BCUT2D eigenvalue weighted by molar-refractivity contribution is 9.10. The van der Waals surface area contributed by atoms with Gasteiger partial charge in [0.05, 0.1) is 16.3 Å². The van der Waals surface area contributed by atoms with E-state index in [2.05, 4.69) is 21.2 Å². The van der Waals surface area contributed by atoms with Gasteiger partial charge >= 0.3 is 0 Å². The van der Waals surface area contributed by atoms with Crippen molar-refractivity contribution in [2.45, 2.75) is 13.8 Å². The molecule has 0 aliphatic carbocycles. The van der Waals surface area contributed by atoms with Crippen molar-refractivity contribution >= 4 is 44.8 Å². The lowest BCUT2D eigenvalue weighted by molar-refractivity contribution is 0.102. The maximum Gasteiger partial charge on any atom is 0.256 e. The van der Waals surface area contributed by atoms with Crippen molar-refractivity contribution in [2.75, 3.05) is 11.1 Å². The molecule has 0 saturated heterocycles. The lowest BCUT2D eigenvalue weighted by atomic mass is 10.1. The lowest BCUT2D eigenvalue weighted by Crippen LogP contribution is -2.14. The van der Waals surface area contributed by atoms with E-state index in [1.54, 1.807) is 18.2 Å². The molecule has 0 spiro atoms. The van der Waals surface area contributed by atoms with Crippen LogP contribution in [0, 0.1) is 13.8 Å². The summed E-state index contributed by atoms with van der Waals surface area (Å²) in [6.45, 7) is 3.81. The highest BCUT2D eigenvalue weighted by atomic mass is 79.9. The zero-order valence-corrected chi connectivity index (χ0v) is 13.5. The van der Waals surface area contributed by atoms with E-state index in [1.807, 2.05) is 26.0 Å². The van der Waals surface area contributed by atoms with Gasteiger partial charge in [0.25, 0.3) is 5.91 Å². The molecule has 0 unspecified atom stereocenters. The molecule has 0 saturated carbocycles. The molecule has 0 atom stereocenters. The van der Waals surface area contributed by atoms with Crippen molar-refractivity contribution in [1.82, 2.24) is 0 Å². The Balaban J connectivity index is 2.33. The van der Waals surface area contributed by atoms with E-state index in [0.717, 1.165) is 15.6 Å². The Morgan fingerprint density at radius 2 is 1.95 bits per heavy atom. The van der Waals surface area contributed by atoms with Gasteiger partial charge in [-0.05, 0) is 59.1 Å². The number of anilines is 2. The van der Waals surface area contributed by atoms with Crippen LogP contribution in [0.5, 0.6) is 0 Å². The van der Waals surface area contributed by atoms with Gasteiger partial charge in [0.1, 0.15) is 0 Å². The van der Waals surface area contributed by atoms with Gasteiger partial charge in [-0.1, -0.05) is 23.7 Å². The minimum absolute atomic E-state index is 0.190. The molecule has 104 valence electrons. The van der Waals surface area contributed by atoms with Crippen LogP contribution >= 0.6 is 27.5 Å². The van der Waals surface area contributed by atoms with Crippen LogP contribution in [0.3, 0.4) is 0 Å². The second kappa shape index (κ2) is 5.85. The molecule has 0 fully saturated rings. The first kappa shape index (κ1) is 14.9. The van der Waals surface area contributed by atoms with Crippen molar-refractivity contribution in [1.29, 1.82) is 0 Å². The molecule has 0 aliphatic heterocycles. The molecule has 0 heterocycles. The summed E-state index contributed by atoms with van der Waals surface area (Å²) in [4.78, 5) is 12.3. The van der Waals surface area contributed by atoms with E-state index >= 15 is 0 Å². The van der Waals surface area contributed by atoms with Crippen LogP contribution in [0.4, 0.5) is 11.4 Å². The number of rotatable bonds is 2. The minimum atomic E-state index is -0.190. The summed E-state index contributed by atoms with van der Waals surface area (Å²) in [7, 11) is 0. The van der Waals surface area contributed by atoms with E-state index in [1.165, 1.54) is 0 Å². The fourth-order valence-electron chi connectivity index (χ4n) is 1.85. The molecule has 0 bridgehead atoms. The molecule has 0 radical (unpaired) electrons. The Kier molecular flexibility index (Phi) is 4.35. The van der Waals surface area contributed by atoms with Crippen LogP contribution in [0.1, 0.15) is 21.5 Å². The Bertz CT molecular complexity index is 686. The SMILES string of the molecule is Cc1cc(N)c(Cl)cc1NC(=O)c1cccc(C)c1Br. The molecule has 3 N–H and O–H groups in total. The molecule has 0 aromatic heterocycles. The molecule has 5 heteroatoms. The first-order valence-corrected chi connectivity index (χ1v) is 7.19. The van der Waals surface area contributed by atoms with Crippen molar-refractivity contribution in [3.05, 3.63) is 56.5 Å². The predicted molar refractivity (Wildman–Crippen MR) is 87.4 cm³/mol. The zero-order valence-electron chi connectivity index (χ0n) is 11.1. The number of nitrogens with one attached hydrogen (secondary N) is 1. The van der Waals surface area contributed by atoms with Crippen LogP contribution in [0.15, 0.2) is 34.8 Å². The standard InChI is InChI=1S/C15H14BrClN2O/c1-8-4-3-5-10(14(8)16)15(20)19-13-7-11(17)12(18)6-9(13)2/h3-7H,18H2,1-2H3,(H,19,20). The third-order valence-corrected chi connectivity index (χ3v) is 4.41. The van der Waals surface area contributed by atoms with Gasteiger partial charge < -0.3 is 11.1 Å². The maximum absolute atomic E-state index is 12.3. The van der Waals surface area contributed by atoms with Crippen LogP contribution in [-0.2, 0) is 0 Å². The molecule has 0 aliphatic rings. The predicted octanol–water partition coefficient (Wildman–Crippen LogP) is 4.55. The number of nitrogen functional groups attached to an aromatic ring is 1. The Morgan fingerprint density at radius 3 is 2.65 bits per heavy atom. The van der Waals surface area contributed by atoms with Crippen molar-refractivity contribution in [3.8, 4) is 0 Å². The normalized spacial score (nSPS) is 10.4. The number of nitrogens with two attached hydrogens (primary N) is 1. The third kappa shape index (κ3) is 2.97. The number of carbonyl (C=O) groups excluding carboxylic acids is 1. The number of halogens is 2. The number of hydrogen-bond donors (Lipinski definition) is 2. The summed E-state index contributed by atoms with van der Waals surface area (Å²) < 4.78 is 0.789. The van der Waals surface area contributed by atoms with Gasteiger partial charge in [0.15, 0.2) is 0 Å². The number of aryl methyl sites for hydroxylation is 2. The van der Waals surface area contributed by atoms with E-state index in [9.17, 15) is 4.79 Å². The quantitative estimate of drug-likeness (QED) is 0.778. The van der Waals surface area contributed by atoms with Crippen LogP contribution in [0.25, 0.3) is 0 Å². The first-order chi connectivity index (χ1) is 9.40. The minimum Gasteiger partial charge on any atom is -0.398 e. The van der Waals surface area contributed by atoms with E-state index < -0.39 is 0 Å². The first-order valence-electron chi connectivity index (χ1n) is 6.02. The molecule has 20 heavy (non-hydrogen) atoms. The zero-order chi connectivity index (χ0) is 14.9. The summed E-state index contributed by atoms with van der Waals surface area (Å²) >= 11 is 9.42. The van der Waals surface area contributed by atoms with Crippen molar-refractivity contribution in [2.24, 2.45) is 0 Å². The summed E-state index contributed by atoms with van der Waals surface area (Å²) in [5, 5.41) is 3.28. The smallest absolute Gasteiger partial charge is 0.256 e. The molecular weight excluding hydrogens is 340 g/mol. The fourth-order valence-corrected chi connectivity index (χ4v) is 2.46. The van der Waals surface area contributed by atoms with Crippen LogP contribution in [0.2, 0.25) is 5.02 Å². The molecule has 1 amide bonds. The monoisotopic (exact) mass is 352 g/mol. The van der Waals surface area contributed by atoms with Gasteiger partial charge in [-0.15, -0.1) is 0 Å². The molecule has 2 aromatic rings. The van der Waals surface area contributed by atoms with E-state index in [-0.39, 0.29) is 5.91 Å². The van der Waals surface area contributed by atoms with Gasteiger partial charge in [-0.3, -0.25) is 4.79 Å². The Morgan fingerprint density at radius 1 is 1.25 bits per heavy atom. The summed E-state index contributed by atoms with van der Waals surface area (Å²) in [6, 6.07) is 8.95. The summed E-state index contributed by atoms with van der Waals surface area (Å²) in [6.07, 6.45) is 0. The summed E-state index contributed by atoms with van der Waals surface area (Å²) in [5.74, 6) is -0.190. The number of amides is 1. The molecule has 3 nitrogen and oxygen atoms in total. The van der Waals surface area contributed by atoms with Gasteiger partial charge in [-0.2, -0.15) is 0 Å². The largest absolute Gasteiger partial charge is 0.398 e. The average molecular weight is 354 g/mol. The van der Waals surface area contributed by atoms with Crippen LogP contribution in [-0.4, -0.2) is 5.91 Å². The molecule has 2 aromatic carbocycles. The number of carbonyl (C=O) groups is 1. The Hall–Kier alpha value is -1.52. The molecular formula is C15H14BrClN2O. The Labute approximate surface area is 131 Å². The fraction of sp³-hybridized carbons (Fsp3) is 0.133. The van der Waals surface area contributed by atoms with E-state index in [0.29, 0.717) is 22.0 Å². The van der Waals surface area contributed by atoms with Crippen LogP contribution < -0.4 is 11.1 Å². The molecule has 2 rings (SSSR count).